The summed E-state index contributed by atoms with van der Waals surface area (Å²) < 4.78 is 14.8. The Labute approximate surface area is 190 Å². The SMILES string of the molecule is Cc1nc(N2CC=C(c3ccc(F)cc3)[C@@H](O)C2)nc(=O)n1Cc1ccc(C(C)(C)C)s1. The van der Waals surface area contributed by atoms with Crippen LogP contribution in [0.25, 0.3) is 5.57 Å². The van der Waals surface area contributed by atoms with Crippen LogP contribution < -0.4 is 10.6 Å². The second kappa shape index (κ2) is 8.60. The monoisotopic (exact) mass is 454 g/mol. The van der Waals surface area contributed by atoms with Gasteiger partial charge < -0.3 is 10.0 Å². The molecule has 3 aromatic rings. The number of thiophene rings is 1. The van der Waals surface area contributed by atoms with E-state index in [1.165, 1.54) is 17.0 Å². The molecule has 0 spiro atoms. The molecule has 0 aliphatic carbocycles. The third-order valence-corrected chi connectivity index (χ3v) is 7.03. The van der Waals surface area contributed by atoms with Gasteiger partial charge in [-0.15, -0.1) is 11.3 Å². The van der Waals surface area contributed by atoms with Gasteiger partial charge in [-0.2, -0.15) is 9.97 Å². The van der Waals surface area contributed by atoms with Crippen LogP contribution in [0.15, 0.2) is 47.3 Å². The highest BCUT2D eigenvalue weighted by Gasteiger charge is 2.24. The Morgan fingerprint density at radius 3 is 2.47 bits per heavy atom. The molecule has 2 aromatic heterocycles. The molecule has 1 aromatic carbocycles. The molecule has 0 unspecified atom stereocenters. The summed E-state index contributed by atoms with van der Waals surface area (Å²) in [5, 5.41) is 10.6. The van der Waals surface area contributed by atoms with Gasteiger partial charge in [0.15, 0.2) is 0 Å². The third-order valence-electron chi connectivity index (χ3n) is 5.54. The summed E-state index contributed by atoms with van der Waals surface area (Å²) in [5.41, 5.74) is 1.22. The van der Waals surface area contributed by atoms with E-state index in [0.29, 0.717) is 24.9 Å². The molecule has 0 saturated heterocycles. The summed E-state index contributed by atoms with van der Waals surface area (Å²) >= 11 is 1.69. The fourth-order valence-corrected chi connectivity index (χ4v) is 4.76. The summed E-state index contributed by atoms with van der Waals surface area (Å²) in [7, 11) is 0. The minimum Gasteiger partial charge on any atom is -0.387 e. The van der Waals surface area contributed by atoms with E-state index in [1.807, 2.05) is 12.1 Å². The predicted molar refractivity (Wildman–Crippen MR) is 126 cm³/mol. The van der Waals surface area contributed by atoms with E-state index in [1.54, 1.807) is 39.9 Å². The summed E-state index contributed by atoms with van der Waals surface area (Å²) in [6.45, 7) is 9.44. The van der Waals surface area contributed by atoms with Crippen molar-refractivity contribution in [2.75, 3.05) is 18.0 Å². The number of halogens is 1. The van der Waals surface area contributed by atoms with Gasteiger partial charge in [-0.05, 0) is 47.7 Å². The van der Waals surface area contributed by atoms with Crippen LogP contribution in [-0.2, 0) is 12.0 Å². The van der Waals surface area contributed by atoms with Crippen LogP contribution in [0.5, 0.6) is 0 Å². The van der Waals surface area contributed by atoms with Gasteiger partial charge in [0, 0.05) is 16.3 Å². The van der Waals surface area contributed by atoms with E-state index >= 15 is 0 Å². The molecule has 1 aliphatic heterocycles. The minimum atomic E-state index is -0.789. The van der Waals surface area contributed by atoms with Gasteiger partial charge in [-0.25, -0.2) is 9.18 Å². The summed E-state index contributed by atoms with van der Waals surface area (Å²) in [5.74, 6) is 0.565. The van der Waals surface area contributed by atoms with Crippen molar-refractivity contribution in [3.63, 3.8) is 0 Å². The highest BCUT2D eigenvalue weighted by molar-refractivity contribution is 7.12. The Hall–Kier alpha value is -2.84. The molecule has 0 fully saturated rings. The smallest absolute Gasteiger partial charge is 0.352 e. The molecule has 32 heavy (non-hydrogen) atoms. The van der Waals surface area contributed by atoms with Crippen molar-refractivity contribution in [3.05, 3.63) is 79.9 Å². The lowest BCUT2D eigenvalue weighted by molar-refractivity contribution is 0.233. The van der Waals surface area contributed by atoms with Crippen molar-refractivity contribution in [1.29, 1.82) is 0 Å². The van der Waals surface area contributed by atoms with Gasteiger partial charge in [0.25, 0.3) is 0 Å². The molecule has 8 heteroatoms. The third kappa shape index (κ3) is 4.66. The van der Waals surface area contributed by atoms with Gasteiger partial charge in [-0.3, -0.25) is 4.57 Å². The number of aryl methyl sites for hydroxylation is 1. The lowest BCUT2D eigenvalue weighted by Crippen LogP contribution is -2.40. The Balaban J connectivity index is 1.54. The topological polar surface area (TPSA) is 71.2 Å². The maximum Gasteiger partial charge on any atom is 0.352 e. The molecular weight excluding hydrogens is 427 g/mol. The molecule has 0 amide bonds. The number of benzene rings is 1. The van der Waals surface area contributed by atoms with E-state index in [9.17, 15) is 14.3 Å². The molecule has 0 radical (unpaired) electrons. The van der Waals surface area contributed by atoms with Gasteiger partial charge in [0.1, 0.15) is 11.6 Å². The van der Waals surface area contributed by atoms with Crippen LogP contribution in [-0.4, -0.2) is 38.8 Å². The Morgan fingerprint density at radius 1 is 1.16 bits per heavy atom. The Morgan fingerprint density at radius 2 is 1.88 bits per heavy atom. The highest BCUT2D eigenvalue weighted by atomic mass is 32.1. The molecule has 4 rings (SSSR count). The minimum absolute atomic E-state index is 0.0681. The molecule has 1 N–H and O–H groups in total. The average molecular weight is 455 g/mol. The lowest BCUT2D eigenvalue weighted by atomic mass is 9.95. The number of hydrogen-bond acceptors (Lipinski definition) is 6. The predicted octanol–water partition coefficient (Wildman–Crippen LogP) is 3.76. The van der Waals surface area contributed by atoms with Gasteiger partial charge >= 0.3 is 5.69 Å². The Bertz CT molecular complexity index is 1210. The number of β-amino-alcohol motifs (C(OH)–C–C–N with tert-alkyl or cyclic N) is 1. The van der Waals surface area contributed by atoms with Gasteiger partial charge in [-0.1, -0.05) is 39.0 Å². The van der Waals surface area contributed by atoms with Crippen LogP contribution in [0.1, 0.15) is 41.9 Å². The normalized spacial score (nSPS) is 16.9. The van der Waals surface area contributed by atoms with Crippen molar-refractivity contribution in [1.82, 2.24) is 14.5 Å². The molecule has 6 nitrogen and oxygen atoms in total. The van der Waals surface area contributed by atoms with Crippen molar-refractivity contribution < 1.29 is 9.50 Å². The fourth-order valence-electron chi connectivity index (χ4n) is 3.70. The van der Waals surface area contributed by atoms with Crippen LogP contribution >= 0.6 is 11.3 Å². The van der Waals surface area contributed by atoms with E-state index < -0.39 is 6.10 Å². The van der Waals surface area contributed by atoms with E-state index in [2.05, 4.69) is 36.8 Å². The van der Waals surface area contributed by atoms with E-state index in [0.717, 1.165) is 16.0 Å². The van der Waals surface area contributed by atoms with E-state index in [-0.39, 0.29) is 23.5 Å². The molecule has 1 aliphatic rings. The largest absolute Gasteiger partial charge is 0.387 e. The number of hydrogen-bond donors (Lipinski definition) is 1. The number of nitrogens with zero attached hydrogens (tertiary/aromatic N) is 4. The summed E-state index contributed by atoms with van der Waals surface area (Å²) in [6.07, 6.45) is 1.08. The average Bonchev–Trinajstić information content (AvgIpc) is 3.21. The summed E-state index contributed by atoms with van der Waals surface area (Å²) in [4.78, 5) is 25.6. The lowest BCUT2D eigenvalue weighted by Gasteiger charge is -2.30. The van der Waals surface area contributed by atoms with Gasteiger partial charge in [0.05, 0.1) is 19.2 Å². The van der Waals surface area contributed by atoms with Crippen molar-refractivity contribution in [2.24, 2.45) is 0 Å². The second-order valence-electron chi connectivity index (χ2n) is 9.04. The first kappa shape index (κ1) is 22.4. The molecular formula is C24H27FN4O2S. The molecule has 0 bridgehead atoms. The standard InChI is InChI=1S/C24H27FN4O2S/c1-15-26-22(27-23(31)29(15)13-18-9-10-21(32-18)24(2,3)4)28-12-11-19(20(30)14-28)16-5-7-17(25)8-6-16/h5-11,20,30H,12-14H2,1-4H3/t20-/m0/s1. The Kier molecular flexibility index (Phi) is 6.01. The first-order chi connectivity index (χ1) is 15.1. The molecule has 0 saturated carbocycles. The molecule has 168 valence electrons. The maximum absolute atomic E-state index is 13.2. The zero-order valence-electron chi connectivity index (χ0n) is 18.7. The number of anilines is 1. The fraction of sp³-hybridized carbons (Fsp3) is 0.375. The number of aliphatic hydroxyl groups excluding tert-OH is 1. The van der Waals surface area contributed by atoms with Crippen molar-refractivity contribution in [3.8, 4) is 0 Å². The van der Waals surface area contributed by atoms with Crippen LogP contribution in [0, 0.1) is 12.7 Å². The van der Waals surface area contributed by atoms with Crippen molar-refractivity contribution in [2.45, 2.75) is 45.8 Å². The first-order valence-electron chi connectivity index (χ1n) is 10.6. The zero-order chi connectivity index (χ0) is 23.0. The molecule has 1 atom stereocenters. The quantitative estimate of drug-likeness (QED) is 0.650. The van der Waals surface area contributed by atoms with E-state index in [4.69, 9.17) is 0 Å². The van der Waals surface area contributed by atoms with Crippen molar-refractivity contribution >= 4 is 22.9 Å². The number of aromatic nitrogens is 3. The molecule has 3 heterocycles. The first-order valence-corrected chi connectivity index (χ1v) is 11.4. The van der Waals surface area contributed by atoms with Crippen LogP contribution in [0.3, 0.4) is 0 Å². The number of aliphatic hydroxyl groups is 1. The van der Waals surface area contributed by atoms with Crippen LogP contribution in [0.2, 0.25) is 0 Å². The second-order valence-corrected chi connectivity index (χ2v) is 10.2. The highest BCUT2D eigenvalue weighted by Crippen LogP contribution is 2.30. The number of rotatable bonds is 4. The maximum atomic E-state index is 13.2. The van der Waals surface area contributed by atoms with Crippen LogP contribution in [0.4, 0.5) is 10.3 Å². The summed E-state index contributed by atoms with van der Waals surface area (Å²) in [6, 6.07) is 10.2. The zero-order valence-corrected chi connectivity index (χ0v) is 19.5. The van der Waals surface area contributed by atoms with Gasteiger partial charge in [0.2, 0.25) is 5.95 Å².